The summed E-state index contributed by atoms with van der Waals surface area (Å²) >= 11 is 0. The van der Waals surface area contributed by atoms with Gasteiger partial charge in [0, 0.05) is 32.9 Å². The zero-order valence-electron chi connectivity index (χ0n) is 15.0. The molecule has 3 rings (SSSR count). The number of rotatable bonds is 4. The van der Waals surface area contributed by atoms with Gasteiger partial charge in [-0.15, -0.1) is 0 Å². The summed E-state index contributed by atoms with van der Waals surface area (Å²) in [5.74, 6) is 0. The van der Waals surface area contributed by atoms with E-state index >= 15 is 0 Å². The number of aryl methyl sites for hydroxylation is 1. The van der Waals surface area contributed by atoms with Crippen LogP contribution in [0.1, 0.15) is 24.8 Å². The van der Waals surface area contributed by atoms with Gasteiger partial charge in [0.25, 0.3) is 5.56 Å². The number of nitrogens with zero attached hydrogens (tertiary/aromatic N) is 3. The van der Waals surface area contributed by atoms with Crippen molar-refractivity contribution in [3.63, 3.8) is 0 Å². The Hall–Kier alpha value is -2.19. The Morgan fingerprint density at radius 2 is 1.77 bits per heavy atom. The van der Waals surface area contributed by atoms with E-state index in [0.29, 0.717) is 13.0 Å². The molecule has 7 nitrogen and oxygen atoms in total. The van der Waals surface area contributed by atoms with Crippen LogP contribution < -0.4 is 11.2 Å². The number of piperidine rings is 1. The average Bonchev–Trinajstić information content (AvgIpc) is 2.64. The topological polar surface area (TPSA) is 81.4 Å². The largest absolute Gasteiger partial charge is 0.330 e. The fourth-order valence-corrected chi connectivity index (χ4v) is 5.30. The Balaban J connectivity index is 2.02. The highest BCUT2D eigenvalue weighted by Gasteiger charge is 2.35. The van der Waals surface area contributed by atoms with Gasteiger partial charge >= 0.3 is 5.69 Å². The zero-order chi connectivity index (χ0) is 18.9. The minimum absolute atomic E-state index is 0.196. The van der Waals surface area contributed by atoms with Gasteiger partial charge in [-0.25, -0.2) is 13.2 Å². The second-order valence-electron chi connectivity index (χ2n) is 6.71. The minimum Gasteiger partial charge on any atom is -0.302 e. The van der Waals surface area contributed by atoms with E-state index in [4.69, 9.17) is 0 Å². The first kappa shape index (κ1) is 18.6. The zero-order valence-corrected chi connectivity index (χ0v) is 15.8. The van der Waals surface area contributed by atoms with E-state index in [2.05, 4.69) is 0 Å². The monoisotopic (exact) mass is 377 g/mol. The molecule has 1 aromatic carbocycles. The van der Waals surface area contributed by atoms with Gasteiger partial charge in [-0.05, 0) is 24.8 Å². The lowest BCUT2D eigenvalue weighted by molar-refractivity contribution is 0.250. The van der Waals surface area contributed by atoms with Crippen molar-refractivity contribution in [2.75, 3.05) is 6.54 Å². The van der Waals surface area contributed by atoms with Gasteiger partial charge in [0.1, 0.15) is 0 Å². The maximum absolute atomic E-state index is 13.2. The summed E-state index contributed by atoms with van der Waals surface area (Å²) in [4.78, 5) is 24.0. The predicted octanol–water partition coefficient (Wildman–Crippen LogP) is 0.870. The molecule has 0 radical (unpaired) electrons. The Kier molecular flexibility index (Phi) is 5.15. The summed E-state index contributed by atoms with van der Waals surface area (Å²) in [6, 6.07) is 9.54. The standard InChI is InChI=1S/C18H23N3O4S/c1-19-13-16(17(22)20(2)18(19)23)26(24,25)21-11-7-6-10-15(21)12-14-8-4-3-5-9-14/h3-5,8-9,13,15H,6-7,10-12H2,1-2H3. The summed E-state index contributed by atoms with van der Waals surface area (Å²) in [6.07, 6.45) is 4.20. The lowest BCUT2D eigenvalue weighted by atomic mass is 9.98. The summed E-state index contributed by atoms with van der Waals surface area (Å²) in [5.41, 5.74) is -0.265. The van der Waals surface area contributed by atoms with E-state index in [0.717, 1.165) is 40.2 Å². The molecule has 1 aliphatic rings. The van der Waals surface area contributed by atoms with Gasteiger partial charge in [-0.1, -0.05) is 36.8 Å². The van der Waals surface area contributed by atoms with Crippen molar-refractivity contribution >= 4 is 10.0 Å². The van der Waals surface area contributed by atoms with Gasteiger partial charge in [-0.2, -0.15) is 4.31 Å². The van der Waals surface area contributed by atoms with Crippen LogP contribution in [-0.2, 0) is 30.5 Å². The van der Waals surface area contributed by atoms with Crippen LogP contribution in [0.3, 0.4) is 0 Å². The molecule has 0 N–H and O–H groups in total. The van der Waals surface area contributed by atoms with Crippen molar-refractivity contribution in [3.8, 4) is 0 Å². The first-order valence-electron chi connectivity index (χ1n) is 8.65. The van der Waals surface area contributed by atoms with Crippen LogP contribution in [0.25, 0.3) is 0 Å². The number of benzene rings is 1. The third-order valence-electron chi connectivity index (χ3n) is 4.89. The molecule has 0 amide bonds. The number of aromatic nitrogens is 2. The molecule has 1 aromatic heterocycles. The number of hydrogen-bond donors (Lipinski definition) is 0. The highest BCUT2D eigenvalue weighted by atomic mass is 32.2. The van der Waals surface area contributed by atoms with Gasteiger partial charge in [0.15, 0.2) is 4.90 Å². The highest BCUT2D eigenvalue weighted by molar-refractivity contribution is 7.89. The van der Waals surface area contributed by atoms with Crippen molar-refractivity contribution in [3.05, 3.63) is 62.9 Å². The minimum atomic E-state index is -3.98. The van der Waals surface area contributed by atoms with Gasteiger partial charge in [0.2, 0.25) is 10.0 Å². The summed E-state index contributed by atoms with van der Waals surface area (Å²) < 4.78 is 29.8. The van der Waals surface area contributed by atoms with Crippen LogP contribution in [0, 0.1) is 0 Å². The molecule has 0 aliphatic carbocycles. The van der Waals surface area contributed by atoms with Crippen LogP contribution >= 0.6 is 0 Å². The second kappa shape index (κ2) is 7.20. The van der Waals surface area contributed by atoms with E-state index in [1.165, 1.54) is 18.4 Å². The van der Waals surface area contributed by atoms with Crippen molar-refractivity contribution < 1.29 is 8.42 Å². The van der Waals surface area contributed by atoms with Crippen LogP contribution in [0.5, 0.6) is 0 Å². The van der Waals surface area contributed by atoms with E-state index in [-0.39, 0.29) is 10.9 Å². The smallest absolute Gasteiger partial charge is 0.302 e. The number of hydrogen-bond acceptors (Lipinski definition) is 4. The van der Waals surface area contributed by atoms with Crippen molar-refractivity contribution in [2.24, 2.45) is 14.1 Å². The molecule has 1 fully saturated rings. The SMILES string of the molecule is Cn1cc(S(=O)(=O)N2CCCCC2Cc2ccccc2)c(=O)n(C)c1=O. The Morgan fingerprint density at radius 1 is 1.08 bits per heavy atom. The molecule has 0 bridgehead atoms. The Labute approximate surface area is 152 Å². The van der Waals surface area contributed by atoms with E-state index in [1.807, 2.05) is 30.3 Å². The first-order chi connectivity index (χ1) is 12.3. The van der Waals surface area contributed by atoms with Gasteiger partial charge < -0.3 is 4.57 Å². The van der Waals surface area contributed by atoms with Crippen LogP contribution in [0.2, 0.25) is 0 Å². The molecule has 1 unspecified atom stereocenters. The molecule has 0 saturated carbocycles. The Bertz CT molecular complexity index is 1010. The molecule has 0 spiro atoms. The predicted molar refractivity (Wildman–Crippen MR) is 98.6 cm³/mol. The lowest BCUT2D eigenvalue weighted by Crippen LogP contribution is -2.48. The Morgan fingerprint density at radius 3 is 2.46 bits per heavy atom. The summed E-state index contributed by atoms with van der Waals surface area (Å²) in [5, 5.41) is 0. The third kappa shape index (κ3) is 3.39. The van der Waals surface area contributed by atoms with E-state index < -0.39 is 21.3 Å². The molecule has 140 valence electrons. The van der Waals surface area contributed by atoms with Crippen LogP contribution in [0.15, 0.2) is 51.0 Å². The van der Waals surface area contributed by atoms with E-state index in [9.17, 15) is 18.0 Å². The quantitative estimate of drug-likeness (QED) is 0.792. The molecule has 2 heterocycles. The molecular weight excluding hydrogens is 354 g/mol. The van der Waals surface area contributed by atoms with Crippen molar-refractivity contribution in [1.82, 2.24) is 13.4 Å². The van der Waals surface area contributed by atoms with Crippen molar-refractivity contribution in [1.29, 1.82) is 0 Å². The van der Waals surface area contributed by atoms with Gasteiger partial charge in [-0.3, -0.25) is 9.36 Å². The summed E-state index contributed by atoms with van der Waals surface area (Å²) in [7, 11) is -1.25. The lowest BCUT2D eigenvalue weighted by Gasteiger charge is -2.34. The fourth-order valence-electron chi connectivity index (χ4n) is 3.46. The molecule has 26 heavy (non-hydrogen) atoms. The second-order valence-corrected chi connectivity index (χ2v) is 8.57. The first-order valence-corrected chi connectivity index (χ1v) is 10.1. The van der Waals surface area contributed by atoms with Crippen LogP contribution in [-0.4, -0.2) is 34.4 Å². The van der Waals surface area contributed by atoms with E-state index in [1.54, 1.807) is 0 Å². The number of sulfonamides is 1. The maximum Gasteiger partial charge on any atom is 0.330 e. The summed E-state index contributed by atoms with van der Waals surface area (Å²) in [6.45, 7) is 0.381. The average molecular weight is 377 g/mol. The van der Waals surface area contributed by atoms with Crippen molar-refractivity contribution in [2.45, 2.75) is 36.6 Å². The molecule has 8 heteroatoms. The maximum atomic E-state index is 13.2. The molecule has 2 aromatic rings. The van der Waals surface area contributed by atoms with Gasteiger partial charge in [0.05, 0.1) is 0 Å². The fraction of sp³-hybridized carbons (Fsp3) is 0.444. The highest BCUT2D eigenvalue weighted by Crippen LogP contribution is 2.26. The molecule has 1 atom stereocenters. The third-order valence-corrected chi connectivity index (χ3v) is 6.82. The molecular formula is C18H23N3O4S. The molecule has 1 aliphatic heterocycles. The normalized spacial score (nSPS) is 18.8. The van der Waals surface area contributed by atoms with Crippen LogP contribution in [0.4, 0.5) is 0 Å². The molecule has 1 saturated heterocycles.